The normalized spacial score (nSPS) is 10.8. The molecule has 2 aromatic carbocycles. The molecule has 0 aliphatic rings. The summed E-state index contributed by atoms with van der Waals surface area (Å²) in [6, 6.07) is 12.0. The van der Waals surface area contributed by atoms with Gasteiger partial charge in [-0.3, -0.25) is 0 Å². The largest absolute Gasteiger partial charge is 0.493 e. The molecule has 5 nitrogen and oxygen atoms in total. The first-order valence-electron chi connectivity index (χ1n) is 8.59. The summed E-state index contributed by atoms with van der Waals surface area (Å²) in [5.41, 5.74) is 2.95. The van der Waals surface area contributed by atoms with Crippen molar-refractivity contribution in [3.05, 3.63) is 47.2 Å². The van der Waals surface area contributed by atoms with Gasteiger partial charge in [0.05, 0.1) is 19.7 Å². The molecule has 3 aromatic rings. The monoisotopic (exact) mass is 371 g/mol. The first-order chi connectivity index (χ1) is 12.6. The number of nitrogens with zero attached hydrogens (tertiary/aromatic N) is 2. The van der Waals surface area contributed by atoms with Crippen molar-refractivity contribution in [3.8, 4) is 11.5 Å². The number of unbranched alkanes of at least 4 members (excludes halogenated alkanes) is 1. The van der Waals surface area contributed by atoms with Crippen LogP contribution in [0.2, 0.25) is 5.28 Å². The van der Waals surface area contributed by atoms with Crippen LogP contribution in [0.25, 0.3) is 10.9 Å². The van der Waals surface area contributed by atoms with E-state index in [1.54, 1.807) is 20.3 Å². The van der Waals surface area contributed by atoms with Crippen LogP contribution < -0.4 is 14.8 Å². The average molecular weight is 372 g/mol. The molecule has 0 radical (unpaired) electrons. The number of halogens is 1. The van der Waals surface area contributed by atoms with Gasteiger partial charge in [-0.05, 0) is 48.2 Å². The molecule has 0 aliphatic heterocycles. The highest BCUT2D eigenvalue weighted by Gasteiger charge is 2.13. The number of rotatable bonds is 7. The Morgan fingerprint density at radius 1 is 1.00 bits per heavy atom. The molecular formula is C20H22ClN3O2. The Labute approximate surface area is 158 Å². The van der Waals surface area contributed by atoms with E-state index >= 15 is 0 Å². The Balaban J connectivity index is 1.96. The summed E-state index contributed by atoms with van der Waals surface area (Å²) in [6.07, 6.45) is 3.48. The molecule has 0 atom stereocenters. The van der Waals surface area contributed by atoms with Crippen molar-refractivity contribution in [3.63, 3.8) is 0 Å². The zero-order chi connectivity index (χ0) is 18.5. The Morgan fingerprint density at radius 2 is 1.69 bits per heavy atom. The number of methoxy groups -OCH3 is 2. The second-order valence-electron chi connectivity index (χ2n) is 5.99. The van der Waals surface area contributed by atoms with Crippen molar-refractivity contribution in [2.24, 2.45) is 0 Å². The lowest BCUT2D eigenvalue weighted by molar-refractivity contribution is 0.356. The molecule has 0 saturated carbocycles. The van der Waals surface area contributed by atoms with Crippen molar-refractivity contribution in [1.82, 2.24) is 9.97 Å². The van der Waals surface area contributed by atoms with E-state index in [4.69, 9.17) is 21.1 Å². The highest BCUT2D eigenvalue weighted by atomic mass is 35.5. The second kappa shape index (κ2) is 8.23. The third-order valence-corrected chi connectivity index (χ3v) is 4.38. The van der Waals surface area contributed by atoms with Gasteiger partial charge in [-0.2, -0.15) is 4.98 Å². The summed E-state index contributed by atoms with van der Waals surface area (Å²) in [5.74, 6) is 1.84. The van der Waals surface area contributed by atoms with Gasteiger partial charge in [0.1, 0.15) is 5.82 Å². The van der Waals surface area contributed by atoms with Crippen molar-refractivity contribution in [2.75, 3.05) is 19.5 Å². The number of benzene rings is 2. The van der Waals surface area contributed by atoms with Gasteiger partial charge in [0.2, 0.25) is 5.28 Å². The molecule has 136 valence electrons. The van der Waals surface area contributed by atoms with Crippen molar-refractivity contribution in [2.45, 2.75) is 26.2 Å². The maximum Gasteiger partial charge on any atom is 0.224 e. The van der Waals surface area contributed by atoms with Gasteiger partial charge in [0.25, 0.3) is 0 Å². The third-order valence-electron chi connectivity index (χ3n) is 4.21. The van der Waals surface area contributed by atoms with Gasteiger partial charge in [0, 0.05) is 17.1 Å². The molecule has 0 fully saturated rings. The Kier molecular flexibility index (Phi) is 5.78. The first-order valence-corrected chi connectivity index (χ1v) is 8.97. The summed E-state index contributed by atoms with van der Waals surface area (Å²) in [5, 5.41) is 4.31. The van der Waals surface area contributed by atoms with Crippen LogP contribution in [0, 0.1) is 0 Å². The quantitative estimate of drug-likeness (QED) is 0.564. The molecule has 0 spiro atoms. The van der Waals surface area contributed by atoms with Crippen molar-refractivity contribution in [1.29, 1.82) is 0 Å². The van der Waals surface area contributed by atoms with Gasteiger partial charge < -0.3 is 14.8 Å². The zero-order valence-electron chi connectivity index (χ0n) is 15.2. The maximum absolute atomic E-state index is 6.11. The molecule has 26 heavy (non-hydrogen) atoms. The SMILES string of the molecule is CCCCc1ccc(Nc2nc(Cl)nc3cc(OC)c(OC)cc23)cc1. The second-order valence-corrected chi connectivity index (χ2v) is 6.33. The molecule has 6 heteroatoms. The summed E-state index contributed by atoms with van der Waals surface area (Å²) in [7, 11) is 3.19. The summed E-state index contributed by atoms with van der Waals surface area (Å²) < 4.78 is 10.7. The average Bonchev–Trinajstić information content (AvgIpc) is 2.66. The lowest BCUT2D eigenvalue weighted by Crippen LogP contribution is -1.99. The Bertz CT molecular complexity index is 898. The minimum absolute atomic E-state index is 0.173. The standard InChI is InChI=1S/C20H22ClN3O2/c1-4-5-6-13-7-9-14(10-8-13)22-19-15-11-17(25-2)18(26-3)12-16(15)23-20(21)24-19/h7-12H,4-6H2,1-3H3,(H,22,23,24). The molecular weight excluding hydrogens is 350 g/mol. The van der Waals surface area contributed by atoms with Gasteiger partial charge in [-0.15, -0.1) is 0 Å². The summed E-state index contributed by atoms with van der Waals surface area (Å²) in [4.78, 5) is 8.63. The molecule has 1 N–H and O–H groups in total. The first kappa shape index (κ1) is 18.3. The topological polar surface area (TPSA) is 56.3 Å². The van der Waals surface area contributed by atoms with E-state index in [2.05, 4.69) is 34.3 Å². The van der Waals surface area contributed by atoms with Crippen LogP contribution in [0.1, 0.15) is 25.3 Å². The van der Waals surface area contributed by atoms with E-state index in [1.165, 1.54) is 18.4 Å². The smallest absolute Gasteiger partial charge is 0.224 e. The fraction of sp³-hybridized carbons (Fsp3) is 0.300. The number of aryl methyl sites for hydroxylation is 1. The number of ether oxygens (including phenoxy) is 2. The predicted octanol–water partition coefficient (Wildman–Crippen LogP) is 5.39. The number of anilines is 2. The summed E-state index contributed by atoms with van der Waals surface area (Å²) in [6.45, 7) is 2.20. The number of hydrogen-bond acceptors (Lipinski definition) is 5. The highest BCUT2D eigenvalue weighted by Crippen LogP contribution is 2.35. The molecule has 1 aromatic heterocycles. The number of fused-ring (bicyclic) bond motifs is 1. The van der Waals surface area contributed by atoms with E-state index < -0.39 is 0 Å². The van der Waals surface area contributed by atoms with E-state index in [9.17, 15) is 0 Å². The van der Waals surface area contributed by atoms with E-state index in [0.29, 0.717) is 22.8 Å². The molecule has 0 aliphatic carbocycles. The highest BCUT2D eigenvalue weighted by molar-refractivity contribution is 6.28. The van der Waals surface area contributed by atoms with Crippen LogP contribution in [0.4, 0.5) is 11.5 Å². The predicted molar refractivity (Wildman–Crippen MR) is 106 cm³/mol. The van der Waals surface area contributed by atoms with Crippen LogP contribution in [0.5, 0.6) is 11.5 Å². The van der Waals surface area contributed by atoms with Crippen molar-refractivity contribution >= 4 is 34.0 Å². The third kappa shape index (κ3) is 3.99. The molecule has 0 amide bonds. The van der Waals surface area contributed by atoms with Crippen LogP contribution in [0.3, 0.4) is 0 Å². The minimum atomic E-state index is 0.173. The van der Waals surface area contributed by atoms with Crippen LogP contribution in [0.15, 0.2) is 36.4 Å². The van der Waals surface area contributed by atoms with Crippen LogP contribution in [-0.2, 0) is 6.42 Å². The number of hydrogen-bond donors (Lipinski definition) is 1. The maximum atomic E-state index is 6.11. The van der Waals surface area contributed by atoms with Gasteiger partial charge in [-0.25, -0.2) is 4.98 Å². The van der Waals surface area contributed by atoms with Gasteiger partial charge in [0.15, 0.2) is 11.5 Å². The molecule has 0 unspecified atom stereocenters. The van der Waals surface area contributed by atoms with Crippen LogP contribution in [-0.4, -0.2) is 24.2 Å². The van der Waals surface area contributed by atoms with Crippen LogP contribution >= 0.6 is 11.6 Å². The fourth-order valence-electron chi connectivity index (χ4n) is 2.79. The van der Waals surface area contributed by atoms with E-state index in [0.717, 1.165) is 17.5 Å². The minimum Gasteiger partial charge on any atom is -0.493 e. The Morgan fingerprint density at radius 3 is 2.35 bits per heavy atom. The van der Waals surface area contributed by atoms with E-state index in [-0.39, 0.29) is 5.28 Å². The van der Waals surface area contributed by atoms with Gasteiger partial charge in [-0.1, -0.05) is 25.5 Å². The molecule has 3 rings (SSSR count). The summed E-state index contributed by atoms with van der Waals surface area (Å²) >= 11 is 6.11. The Hall–Kier alpha value is -2.53. The van der Waals surface area contributed by atoms with Crippen molar-refractivity contribution < 1.29 is 9.47 Å². The number of aromatic nitrogens is 2. The van der Waals surface area contributed by atoms with Gasteiger partial charge >= 0.3 is 0 Å². The van der Waals surface area contributed by atoms with E-state index in [1.807, 2.05) is 18.2 Å². The lowest BCUT2D eigenvalue weighted by atomic mass is 10.1. The fourth-order valence-corrected chi connectivity index (χ4v) is 2.97. The molecule has 0 saturated heterocycles. The molecule has 1 heterocycles. The molecule has 0 bridgehead atoms. The zero-order valence-corrected chi connectivity index (χ0v) is 15.9. The lowest BCUT2D eigenvalue weighted by Gasteiger charge is -2.13. The number of nitrogens with one attached hydrogen (secondary N) is 1.